The van der Waals surface area contributed by atoms with Gasteiger partial charge in [0.05, 0.1) is 5.92 Å². The van der Waals surface area contributed by atoms with Crippen molar-refractivity contribution in [3.63, 3.8) is 0 Å². The van der Waals surface area contributed by atoms with Crippen LogP contribution >= 0.6 is 0 Å². The highest BCUT2D eigenvalue weighted by atomic mass is 19.4. The van der Waals surface area contributed by atoms with Crippen LogP contribution in [-0.2, 0) is 0 Å². The minimum atomic E-state index is -4.45. The SMILES string of the molecule is O=C(C[C@H](/C=C/c1ccccc1)C(F)(F)F)c1ccccc1. The summed E-state index contributed by atoms with van der Waals surface area (Å²) in [5.74, 6) is -2.30. The van der Waals surface area contributed by atoms with Gasteiger partial charge in [-0.15, -0.1) is 0 Å². The Bertz CT molecular complexity index is 630. The average Bonchev–Trinajstić information content (AvgIpc) is 2.52. The van der Waals surface area contributed by atoms with Crippen molar-refractivity contribution in [1.82, 2.24) is 0 Å². The van der Waals surface area contributed by atoms with Crippen molar-refractivity contribution < 1.29 is 18.0 Å². The molecule has 0 radical (unpaired) electrons. The van der Waals surface area contributed by atoms with Gasteiger partial charge in [-0.3, -0.25) is 4.79 Å². The van der Waals surface area contributed by atoms with Crippen LogP contribution in [0.5, 0.6) is 0 Å². The van der Waals surface area contributed by atoms with Gasteiger partial charge in [0.2, 0.25) is 0 Å². The van der Waals surface area contributed by atoms with Gasteiger partial charge in [0.25, 0.3) is 0 Å². The van der Waals surface area contributed by atoms with Gasteiger partial charge in [0.1, 0.15) is 0 Å². The lowest BCUT2D eigenvalue weighted by Crippen LogP contribution is -2.23. The molecule has 1 atom stereocenters. The maximum absolute atomic E-state index is 13.1. The molecular weight excluding hydrogens is 289 g/mol. The molecule has 0 bridgehead atoms. The van der Waals surface area contributed by atoms with E-state index in [0.29, 0.717) is 11.1 Å². The van der Waals surface area contributed by atoms with Crippen LogP contribution in [0.4, 0.5) is 13.2 Å². The standard InChI is InChI=1S/C18H15F3O/c19-18(20,21)16(12-11-14-7-3-1-4-8-14)13-17(22)15-9-5-2-6-10-15/h1-12,16H,13H2/b12-11+/t16-/m0/s1. The molecule has 0 aromatic heterocycles. The van der Waals surface area contributed by atoms with Gasteiger partial charge in [-0.2, -0.15) is 13.2 Å². The number of halogens is 3. The fourth-order valence-electron chi connectivity index (χ4n) is 2.03. The molecule has 22 heavy (non-hydrogen) atoms. The number of allylic oxidation sites excluding steroid dienone is 1. The van der Waals surface area contributed by atoms with Crippen molar-refractivity contribution in [3.05, 3.63) is 77.9 Å². The molecule has 2 aromatic carbocycles. The van der Waals surface area contributed by atoms with E-state index in [1.165, 1.54) is 18.2 Å². The summed E-state index contributed by atoms with van der Waals surface area (Å²) < 4.78 is 39.3. The summed E-state index contributed by atoms with van der Waals surface area (Å²) >= 11 is 0. The molecule has 4 heteroatoms. The lowest BCUT2D eigenvalue weighted by molar-refractivity contribution is -0.160. The first kappa shape index (κ1) is 16.0. The van der Waals surface area contributed by atoms with Crippen LogP contribution in [0, 0.1) is 5.92 Å². The molecular formula is C18H15F3O. The number of alkyl halides is 3. The molecule has 0 saturated carbocycles. The molecule has 0 heterocycles. The lowest BCUT2D eigenvalue weighted by atomic mass is 9.96. The quantitative estimate of drug-likeness (QED) is 0.698. The minimum Gasteiger partial charge on any atom is -0.294 e. The van der Waals surface area contributed by atoms with Crippen molar-refractivity contribution in [2.75, 3.05) is 0 Å². The van der Waals surface area contributed by atoms with Crippen molar-refractivity contribution in [1.29, 1.82) is 0 Å². The van der Waals surface area contributed by atoms with Crippen molar-refractivity contribution in [2.45, 2.75) is 12.6 Å². The normalized spacial score (nSPS) is 13.2. The Balaban J connectivity index is 2.14. The first-order chi connectivity index (χ1) is 10.5. The average molecular weight is 304 g/mol. The zero-order valence-corrected chi connectivity index (χ0v) is 11.8. The van der Waals surface area contributed by atoms with Crippen LogP contribution in [0.1, 0.15) is 22.3 Å². The van der Waals surface area contributed by atoms with Crippen LogP contribution in [0.2, 0.25) is 0 Å². The molecule has 0 N–H and O–H groups in total. The second kappa shape index (κ2) is 7.07. The molecule has 2 aromatic rings. The molecule has 0 saturated heterocycles. The van der Waals surface area contributed by atoms with Crippen LogP contribution < -0.4 is 0 Å². The fraction of sp³-hybridized carbons (Fsp3) is 0.167. The summed E-state index contributed by atoms with van der Waals surface area (Å²) in [5.41, 5.74) is 0.966. The molecule has 2 rings (SSSR count). The number of hydrogen-bond donors (Lipinski definition) is 0. The van der Waals surface area contributed by atoms with Crippen LogP contribution in [0.15, 0.2) is 66.7 Å². The number of carbonyl (C=O) groups excluding carboxylic acids is 1. The third kappa shape index (κ3) is 4.58. The van der Waals surface area contributed by atoms with E-state index in [-0.39, 0.29) is 0 Å². The van der Waals surface area contributed by atoms with E-state index in [1.807, 2.05) is 0 Å². The molecule has 0 unspecified atom stereocenters. The lowest BCUT2D eigenvalue weighted by Gasteiger charge is -2.16. The van der Waals surface area contributed by atoms with E-state index in [4.69, 9.17) is 0 Å². The van der Waals surface area contributed by atoms with E-state index in [2.05, 4.69) is 0 Å². The van der Waals surface area contributed by atoms with Crippen molar-refractivity contribution in [2.24, 2.45) is 5.92 Å². The van der Waals surface area contributed by atoms with Gasteiger partial charge in [0.15, 0.2) is 5.78 Å². The van der Waals surface area contributed by atoms with E-state index < -0.39 is 24.3 Å². The van der Waals surface area contributed by atoms with Crippen molar-refractivity contribution in [3.8, 4) is 0 Å². The van der Waals surface area contributed by atoms with Crippen LogP contribution in [0.3, 0.4) is 0 Å². The number of ketones is 1. The molecule has 0 aliphatic carbocycles. The van der Waals surface area contributed by atoms with E-state index >= 15 is 0 Å². The predicted molar refractivity (Wildman–Crippen MR) is 80.4 cm³/mol. The molecule has 0 amide bonds. The minimum absolute atomic E-state index is 0.296. The Hall–Kier alpha value is -2.36. The summed E-state index contributed by atoms with van der Waals surface area (Å²) in [6.07, 6.45) is -2.58. The van der Waals surface area contributed by atoms with Gasteiger partial charge < -0.3 is 0 Å². The van der Waals surface area contributed by atoms with Gasteiger partial charge in [-0.25, -0.2) is 0 Å². The molecule has 0 aliphatic rings. The Morgan fingerprint density at radius 2 is 1.50 bits per heavy atom. The van der Waals surface area contributed by atoms with Crippen molar-refractivity contribution >= 4 is 11.9 Å². The summed E-state index contributed by atoms with van der Waals surface area (Å²) in [4.78, 5) is 12.0. The number of rotatable bonds is 5. The van der Waals surface area contributed by atoms with Gasteiger partial charge in [0, 0.05) is 12.0 Å². The van der Waals surface area contributed by atoms with E-state index in [1.54, 1.807) is 48.5 Å². The van der Waals surface area contributed by atoms with Crippen LogP contribution in [0.25, 0.3) is 6.08 Å². The second-order valence-electron chi connectivity index (χ2n) is 4.91. The molecule has 1 nitrogen and oxygen atoms in total. The van der Waals surface area contributed by atoms with Gasteiger partial charge in [-0.1, -0.05) is 72.8 Å². The molecule has 114 valence electrons. The van der Waals surface area contributed by atoms with E-state index in [0.717, 1.165) is 6.08 Å². The maximum Gasteiger partial charge on any atom is 0.395 e. The Kier molecular flexibility index (Phi) is 5.15. The molecule has 0 aliphatic heterocycles. The molecule has 0 spiro atoms. The number of benzene rings is 2. The number of carbonyl (C=O) groups is 1. The third-order valence-corrected chi connectivity index (χ3v) is 3.24. The smallest absolute Gasteiger partial charge is 0.294 e. The summed E-state index contributed by atoms with van der Waals surface area (Å²) in [6.45, 7) is 0. The zero-order valence-electron chi connectivity index (χ0n) is 11.8. The molecule has 0 fully saturated rings. The van der Waals surface area contributed by atoms with Gasteiger partial charge in [-0.05, 0) is 5.56 Å². The summed E-state index contributed by atoms with van der Waals surface area (Å²) in [7, 11) is 0. The Labute approximate surface area is 127 Å². The number of hydrogen-bond acceptors (Lipinski definition) is 1. The largest absolute Gasteiger partial charge is 0.395 e. The van der Waals surface area contributed by atoms with Crippen LogP contribution in [-0.4, -0.2) is 12.0 Å². The highest BCUT2D eigenvalue weighted by molar-refractivity contribution is 5.96. The number of Topliss-reactive ketones (excluding diaryl/α,β-unsaturated/α-hetero) is 1. The maximum atomic E-state index is 13.1. The first-order valence-electron chi connectivity index (χ1n) is 6.85. The topological polar surface area (TPSA) is 17.1 Å². The highest BCUT2D eigenvalue weighted by Gasteiger charge is 2.39. The second-order valence-corrected chi connectivity index (χ2v) is 4.91. The van der Waals surface area contributed by atoms with E-state index in [9.17, 15) is 18.0 Å². The Morgan fingerprint density at radius 3 is 2.05 bits per heavy atom. The summed E-state index contributed by atoms with van der Waals surface area (Å²) in [5, 5.41) is 0. The fourth-order valence-corrected chi connectivity index (χ4v) is 2.03. The monoisotopic (exact) mass is 304 g/mol. The highest BCUT2D eigenvalue weighted by Crippen LogP contribution is 2.31. The summed E-state index contributed by atoms with van der Waals surface area (Å²) in [6, 6.07) is 16.7. The zero-order chi connectivity index (χ0) is 16.0. The predicted octanol–water partition coefficient (Wildman–Crippen LogP) is 5.15. The third-order valence-electron chi connectivity index (χ3n) is 3.24. The van der Waals surface area contributed by atoms with Gasteiger partial charge >= 0.3 is 6.18 Å². The Morgan fingerprint density at radius 1 is 0.955 bits per heavy atom. The first-order valence-corrected chi connectivity index (χ1v) is 6.85.